The molecule has 8 nitrogen and oxygen atoms in total. The molecule has 2 aromatic carbocycles. The van der Waals surface area contributed by atoms with E-state index in [4.69, 9.17) is 11.6 Å². The highest BCUT2D eigenvalue weighted by atomic mass is 35.5. The Morgan fingerprint density at radius 3 is 2.16 bits per heavy atom. The molecule has 11 heteroatoms. The van der Waals surface area contributed by atoms with Gasteiger partial charge in [-0.25, -0.2) is 16.8 Å². The van der Waals surface area contributed by atoms with Gasteiger partial charge in [0.2, 0.25) is 26.0 Å². The summed E-state index contributed by atoms with van der Waals surface area (Å²) in [5, 5.41) is 0.463. The number of sulfonamides is 2. The molecular formula is C27H38ClN3O5S2. The molecule has 210 valence electrons. The SMILES string of the molecule is CCCS(=O)(=O)N(CC(=O)N(Cc1ccccc1)C1CCN(S(=O)(=O)c2ccc(Cl)cc2)CC1)CC(C)C. The maximum atomic E-state index is 13.7. The van der Waals surface area contributed by atoms with Crippen molar-refractivity contribution in [3.05, 3.63) is 65.2 Å². The largest absolute Gasteiger partial charge is 0.334 e. The summed E-state index contributed by atoms with van der Waals surface area (Å²) in [5.74, 6) is -0.210. The van der Waals surface area contributed by atoms with Gasteiger partial charge in [-0.1, -0.05) is 62.7 Å². The summed E-state index contributed by atoms with van der Waals surface area (Å²) in [6, 6.07) is 15.4. The molecule has 0 spiro atoms. The molecule has 38 heavy (non-hydrogen) atoms. The van der Waals surface area contributed by atoms with Crippen LogP contribution in [-0.2, 0) is 31.4 Å². The van der Waals surface area contributed by atoms with Crippen molar-refractivity contribution in [3.8, 4) is 0 Å². The van der Waals surface area contributed by atoms with Gasteiger partial charge >= 0.3 is 0 Å². The maximum Gasteiger partial charge on any atom is 0.243 e. The predicted octanol–water partition coefficient (Wildman–Crippen LogP) is 4.22. The van der Waals surface area contributed by atoms with Crippen LogP contribution in [0.1, 0.15) is 45.6 Å². The summed E-state index contributed by atoms with van der Waals surface area (Å²) >= 11 is 5.92. The van der Waals surface area contributed by atoms with Gasteiger partial charge in [-0.2, -0.15) is 8.61 Å². The van der Waals surface area contributed by atoms with E-state index in [1.165, 1.54) is 20.7 Å². The third-order valence-corrected chi connectivity index (χ3v) is 10.7. The molecule has 3 rings (SSSR count). The molecular weight excluding hydrogens is 546 g/mol. The molecule has 1 aliphatic rings. The first kappa shape index (κ1) is 30.6. The topological polar surface area (TPSA) is 95.1 Å². The number of carbonyl (C=O) groups is 1. The summed E-state index contributed by atoms with van der Waals surface area (Å²) in [6.45, 7) is 6.56. The van der Waals surface area contributed by atoms with Gasteiger partial charge in [-0.05, 0) is 55.0 Å². The molecule has 0 atom stereocenters. The fourth-order valence-electron chi connectivity index (χ4n) is 4.66. The zero-order valence-electron chi connectivity index (χ0n) is 22.3. The minimum Gasteiger partial charge on any atom is -0.334 e. The molecule has 1 aliphatic heterocycles. The van der Waals surface area contributed by atoms with Gasteiger partial charge < -0.3 is 4.90 Å². The number of piperidine rings is 1. The Kier molecular flexibility index (Phi) is 10.8. The van der Waals surface area contributed by atoms with E-state index in [9.17, 15) is 21.6 Å². The standard InChI is InChI=1S/C27H38ClN3O5S2/c1-4-18-37(33,34)30(19-22(2)3)21-27(32)31(20-23-8-6-5-7-9-23)25-14-16-29(17-15-25)38(35,36)26-12-10-24(28)11-13-26/h5-13,22,25H,4,14-21H2,1-3H3. The lowest BCUT2D eigenvalue weighted by molar-refractivity contribution is -0.135. The van der Waals surface area contributed by atoms with Gasteiger partial charge in [-0.3, -0.25) is 4.79 Å². The second kappa shape index (κ2) is 13.4. The minimum absolute atomic E-state index is 0.00731. The minimum atomic E-state index is -3.68. The first-order valence-electron chi connectivity index (χ1n) is 13.0. The highest BCUT2D eigenvalue weighted by molar-refractivity contribution is 7.89. The van der Waals surface area contributed by atoms with E-state index >= 15 is 0 Å². The van der Waals surface area contributed by atoms with Crippen LogP contribution in [0.4, 0.5) is 0 Å². The van der Waals surface area contributed by atoms with Crippen molar-refractivity contribution >= 4 is 37.6 Å². The molecule has 0 aliphatic carbocycles. The van der Waals surface area contributed by atoms with Crippen LogP contribution in [-0.4, -0.2) is 74.2 Å². The Labute approximate surface area is 232 Å². The summed E-state index contributed by atoms with van der Waals surface area (Å²) < 4.78 is 54.9. The van der Waals surface area contributed by atoms with Crippen LogP contribution in [0.5, 0.6) is 0 Å². The van der Waals surface area contributed by atoms with Crippen molar-refractivity contribution < 1.29 is 21.6 Å². The lowest BCUT2D eigenvalue weighted by Gasteiger charge is -2.39. The van der Waals surface area contributed by atoms with Crippen molar-refractivity contribution in [1.29, 1.82) is 0 Å². The number of nitrogens with zero attached hydrogens (tertiary/aromatic N) is 3. The lowest BCUT2D eigenvalue weighted by atomic mass is 10.0. The number of carbonyl (C=O) groups excluding carboxylic acids is 1. The number of halogens is 1. The smallest absolute Gasteiger partial charge is 0.243 e. The molecule has 0 radical (unpaired) electrons. The van der Waals surface area contributed by atoms with Gasteiger partial charge in [0.05, 0.1) is 17.2 Å². The van der Waals surface area contributed by atoms with E-state index in [1.54, 1.807) is 24.0 Å². The van der Waals surface area contributed by atoms with E-state index in [0.717, 1.165) is 5.56 Å². The normalized spacial score (nSPS) is 15.7. The van der Waals surface area contributed by atoms with Crippen molar-refractivity contribution in [2.45, 2.75) is 57.5 Å². The Balaban J connectivity index is 1.80. The molecule has 0 N–H and O–H groups in total. The number of amides is 1. The first-order chi connectivity index (χ1) is 17.9. The monoisotopic (exact) mass is 583 g/mol. The zero-order valence-corrected chi connectivity index (χ0v) is 24.7. The van der Waals surface area contributed by atoms with Crippen LogP contribution in [0.2, 0.25) is 5.02 Å². The molecule has 1 saturated heterocycles. The van der Waals surface area contributed by atoms with E-state index in [0.29, 0.717) is 30.8 Å². The quantitative estimate of drug-likeness (QED) is 0.373. The van der Waals surface area contributed by atoms with Crippen LogP contribution in [0.15, 0.2) is 59.5 Å². The number of hydrogen-bond donors (Lipinski definition) is 0. The van der Waals surface area contributed by atoms with Gasteiger partial charge in [0.1, 0.15) is 0 Å². The second-order valence-electron chi connectivity index (χ2n) is 10.1. The second-order valence-corrected chi connectivity index (χ2v) is 14.6. The zero-order chi connectivity index (χ0) is 27.9. The Morgan fingerprint density at radius 2 is 1.61 bits per heavy atom. The highest BCUT2D eigenvalue weighted by Crippen LogP contribution is 2.26. The fourth-order valence-corrected chi connectivity index (χ4v) is 7.87. The Morgan fingerprint density at radius 1 is 1.00 bits per heavy atom. The Hall–Kier alpha value is -1.98. The van der Waals surface area contributed by atoms with Gasteiger partial charge in [-0.15, -0.1) is 0 Å². The molecule has 1 fully saturated rings. The van der Waals surface area contributed by atoms with Crippen molar-refractivity contribution in [2.24, 2.45) is 5.92 Å². The molecule has 2 aromatic rings. The van der Waals surface area contributed by atoms with E-state index in [-0.39, 0.29) is 54.7 Å². The number of rotatable bonds is 12. The molecule has 1 amide bonds. The van der Waals surface area contributed by atoms with Crippen LogP contribution < -0.4 is 0 Å². The van der Waals surface area contributed by atoms with E-state index in [1.807, 2.05) is 44.2 Å². The molecule has 0 bridgehead atoms. The van der Waals surface area contributed by atoms with Crippen molar-refractivity contribution in [3.63, 3.8) is 0 Å². The van der Waals surface area contributed by atoms with Crippen LogP contribution >= 0.6 is 11.6 Å². The highest BCUT2D eigenvalue weighted by Gasteiger charge is 2.35. The number of hydrogen-bond acceptors (Lipinski definition) is 5. The van der Waals surface area contributed by atoms with Gasteiger partial charge in [0.25, 0.3) is 0 Å². The molecule has 1 heterocycles. The molecule has 0 aromatic heterocycles. The fraction of sp³-hybridized carbons (Fsp3) is 0.519. The molecule has 0 saturated carbocycles. The average molecular weight is 584 g/mol. The van der Waals surface area contributed by atoms with Crippen LogP contribution in [0, 0.1) is 5.92 Å². The van der Waals surface area contributed by atoms with Gasteiger partial charge in [0.15, 0.2) is 0 Å². The van der Waals surface area contributed by atoms with Crippen molar-refractivity contribution in [2.75, 3.05) is 31.9 Å². The number of benzene rings is 2. The van der Waals surface area contributed by atoms with Gasteiger partial charge in [0, 0.05) is 37.2 Å². The summed E-state index contributed by atoms with van der Waals surface area (Å²) in [7, 11) is -7.25. The first-order valence-corrected chi connectivity index (χ1v) is 16.4. The average Bonchev–Trinajstić information content (AvgIpc) is 2.87. The van der Waals surface area contributed by atoms with Crippen molar-refractivity contribution in [1.82, 2.24) is 13.5 Å². The predicted molar refractivity (Wildman–Crippen MR) is 151 cm³/mol. The lowest BCUT2D eigenvalue weighted by Crippen LogP contribution is -2.51. The summed E-state index contributed by atoms with van der Waals surface area (Å²) in [5.41, 5.74) is 0.934. The third kappa shape index (κ3) is 8.02. The summed E-state index contributed by atoms with van der Waals surface area (Å²) in [4.78, 5) is 15.6. The van der Waals surface area contributed by atoms with Crippen LogP contribution in [0.25, 0.3) is 0 Å². The molecule has 0 unspecified atom stereocenters. The van der Waals surface area contributed by atoms with E-state index in [2.05, 4.69) is 0 Å². The van der Waals surface area contributed by atoms with E-state index < -0.39 is 20.0 Å². The third-order valence-electron chi connectivity index (χ3n) is 6.57. The Bertz CT molecular complexity index is 1260. The maximum absolute atomic E-state index is 13.7. The summed E-state index contributed by atoms with van der Waals surface area (Å²) in [6.07, 6.45) is 1.38. The van der Waals surface area contributed by atoms with Crippen LogP contribution in [0.3, 0.4) is 0 Å².